The third-order valence-electron chi connectivity index (χ3n) is 6.67. The number of carboxylic acid groups (broad SMARTS) is 1. The molecule has 20 heteroatoms. The summed E-state index contributed by atoms with van der Waals surface area (Å²) in [7, 11) is -10.2. The number of sulfonamides is 1. The average Bonchev–Trinajstić information content (AvgIpc) is 3.30. The van der Waals surface area contributed by atoms with Gasteiger partial charge in [-0.15, -0.1) is 0 Å². The Morgan fingerprint density at radius 2 is 1.84 bits per heavy atom. The van der Waals surface area contributed by atoms with Crippen LogP contribution in [-0.4, -0.2) is 95.7 Å². The van der Waals surface area contributed by atoms with Crippen molar-refractivity contribution >= 4 is 53.8 Å². The molecule has 2 aliphatic rings. The molecule has 2 aliphatic heterocycles. The molecule has 230 valence electrons. The lowest BCUT2D eigenvalue weighted by molar-refractivity contribution is -0.123. The van der Waals surface area contributed by atoms with Crippen LogP contribution in [0.1, 0.15) is 27.5 Å². The number of rotatable bonds is 7. The first-order chi connectivity index (χ1) is 19.9. The fourth-order valence-corrected chi connectivity index (χ4v) is 6.19. The largest absolute Gasteiger partial charge is 0.547 e. The summed E-state index contributed by atoms with van der Waals surface area (Å²) in [5, 5.41) is 23.3. The molecule has 1 unspecified atom stereocenters. The Hall–Kier alpha value is -4.06. The van der Waals surface area contributed by atoms with E-state index < -0.39 is 96.0 Å². The van der Waals surface area contributed by atoms with Crippen LogP contribution in [0.4, 0.5) is 18.4 Å². The number of hydrogen-bond donors (Lipinski definition) is 5. The summed E-state index contributed by atoms with van der Waals surface area (Å²) >= 11 is 0. The van der Waals surface area contributed by atoms with Crippen molar-refractivity contribution in [2.75, 3.05) is 26.0 Å². The van der Waals surface area contributed by atoms with Crippen LogP contribution in [0.3, 0.4) is 0 Å². The quantitative estimate of drug-likeness (QED) is 0.196. The van der Waals surface area contributed by atoms with E-state index in [1.54, 1.807) is 0 Å². The van der Waals surface area contributed by atoms with Crippen LogP contribution >= 0.6 is 7.37 Å². The number of urea groups is 2. The molecule has 2 heterocycles. The van der Waals surface area contributed by atoms with Crippen LogP contribution in [0.2, 0.25) is 0 Å². The molecule has 15 nitrogen and oxygen atoms in total. The number of carboxylic acids is 1. The first kappa shape index (κ1) is 31.9. The maximum absolute atomic E-state index is 15.3. The normalized spacial score (nSPS) is 18.8. The van der Waals surface area contributed by atoms with Gasteiger partial charge in [0.1, 0.15) is 11.8 Å². The Labute approximate surface area is 243 Å². The van der Waals surface area contributed by atoms with Crippen molar-refractivity contribution in [3.63, 3.8) is 0 Å². The summed E-state index contributed by atoms with van der Waals surface area (Å²) in [6, 6.07) is 0.818. The Balaban J connectivity index is 1.67. The summed E-state index contributed by atoms with van der Waals surface area (Å²) in [6.07, 6.45) is 0.530. The minimum absolute atomic E-state index is 0.155. The van der Waals surface area contributed by atoms with Gasteiger partial charge >= 0.3 is 25.1 Å². The first-order valence-electron chi connectivity index (χ1n) is 12.3. The van der Waals surface area contributed by atoms with Gasteiger partial charge in [-0.05, 0) is 24.1 Å². The van der Waals surface area contributed by atoms with Gasteiger partial charge in [-0.25, -0.2) is 40.8 Å². The summed E-state index contributed by atoms with van der Waals surface area (Å²) in [5.41, 5.74) is -0.839. The van der Waals surface area contributed by atoms with Gasteiger partial charge in [0.25, 0.3) is 0 Å². The molecule has 1 fully saturated rings. The van der Waals surface area contributed by atoms with E-state index in [1.165, 1.54) is 18.2 Å². The van der Waals surface area contributed by atoms with Crippen molar-refractivity contribution < 1.29 is 60.6 Å². The van der Waals surface area contributed by atoms with Gasteiger partial charge in [0.2, 0.25) is 23.3 Å². The van der Waals surface area contributed by atoms with E-state index in [2.05, 4.69) is 5.32 Å². The van der Waals surface area contributed by atoms with Gasteiger partial charge in [0.15, 0.2) is 11.6 Å². The zero-order valence-electron chi connectivity index (χ0n) is 22.4. The smallest absolute Gasteiger partial charge is 0.534 e. The van der Waals surface area contributed by atoms with E-state index in [-0.39, 0.29) is 23.3 Å². The van der Waals surface area contributed by atoms with Crippen molar-refractivity contribution in [2.45, 2.75) is 18.4 Å². The van der Waals surface area contributed by atoms with E-state index in [9.17, 15) is 51.6 Å². The molecule has 0 saturated carbocycles. The van der Waals surface area contributed by atoms with Gasteiger partial charge in [0, 0.05) is 12.2 Å². The summed E-state index contributed by atoms with van der Waals surface area (Å²) < 4.78 is 71.5. The third kappa shape index (κ3) is 6.34. The molecule has 0 aliphatic carbocycles. The van der Waals surface area contributed by atoms with Gasteiger partial charge in [-0.2, -0.15) is 0 Å². The lowest BCUT2D eigenvalue weighted by Gasteiger charge is -2.30. The minimum atomic E-state index is -4.32. The summed E-state index contributed by atoms with van der Waals surface area (Å²) in [6.45, 7) is -0.102. The molecule has 0 bridgehead atoms. The molecule has 0 radical (unpaired) electrons. The Bertz CT molecular complexity index is 1690. The average molecular weight is 644 g/mol. The Morgan fingerprint density at radius 1 is 1.16 bits per heavy atom. The lowest BCUT2D eigenvalue weighted by Crippen LogP contribution is -2.56. The van der Waals surface area contributed by atoms with E-state index in [0.29, 0.717) is 9.21 Å². The zero-order valence-corrected chi connectivity index (χ0v) is 24.1. The zero-order chi connectivity index (χ0) is 32.0. The maximum Gasteiger partial charge on any atom is 0.547 e. The third-order valence-corrected chi connectivity index (χ3v) is 9.05. The number of halogens is 2. The molecule has 5 amide bonds. The SMILES string of the molecule is CP(=O)(O)c1ccc([C@@H](NC(=O)N2CCN(S(C)(=O)=O)C2=O)C(=O)N[C@H]2Cc3cccc(C(=O)O)c3OB2O)c(F)c1F. The van der Waals surface area contributed by atoms with Crippen molar-refractivity contribution in [1.29, 1.82) is 0 Å². The van der Waals surface area contributed by atoms with Crippen molar-refractivity contribution in [1.82, 2.24) is 19.8 Å². The number of hydrogen-bond acceptors (Lipinski definition) is 9. The van der Waals surface area contributed by atoms with Crippen molar-refractivity contribution in [3.05, 3.63) is 58.7 Å². The number of nitrogens with zero attached hydrogens (tertiary/aromatic N) is 2. The number of aromatic carboxylic acids is 1. The molecule has 2 aromatic carbocycles. The topological polar surface area (TPSA) is 220 Å². The van der Waals surface area contributed by atoms with Crippen LogP contribution in [0.5, 0.6) is 5.75 Å². The molecule has 43 heavy (non-hydrogen) atoms. The highest BCUT2D eigenvalue weighted by molar-refractivity contribution is 7.88. The predicted octanol–water partition coefficient (Wildman–Crippen LogP) is -0.224. The molecule has 0 aromatic heterocycles. The standard InChI is InChI=1S/C23H24BF2N4O11PS/c1-42(37,38)14-7-6-12(16(25)17(14)26)18(28-22(34)29-8-9-30(23(29)35)43(2,39)40)20(31)27-15-10-11-4-3-5-13(21(32)33)19(11)41-24(15)36/h3-7,15,18,36H,8-10H2,1-2H3,(H,27,31)(H,28,34)(H,32,33)(H,37,38)/t15-,18+/m0/s1. The number of nitrogens with one attached hydrogen (secondary N) is 2. The molecular weight excluding hydrogens is 620 g/mol. The predicted molar refractivity (Wildman–Crippen MR) is 144 cm³/mol. The second kappa shape index (κ2) is 11.6. The molecule has 4 rings (SSSR count). The van der Waals surface area contributed by atoms with Crippen LogP contribution in [0.15, 0.2) is 30.3 Å². The second-order valence-electron chi connectivity index (χ2n) is 9.76. The first-order valence-corrected chi connectivity index (χ1v) is 16.3. The number of benzene rings is 2. The summed E-state index contributed by atoms with van der Waals surface area (Å²) in [5.74, 6) is -7.64. The molecule has 0 spiro atoms. The van der Waals surface area contributed by atoms with E-state index in [4.69, 9.17) is 4.65 Å². The number of fused-ring (bicyclic) bond motifs is 1. The van der Waals surface area contributed by atoms with Gasteiger partial charge in [-0.1, -0.05) is 18.2 Å². The molecule has 2 aromatic rings. The van der Waals surface area contributed by atoms with E-state index in [0.717, 1.165) is 25.1 Å². The van der Waals surface area contributed by atoms with Crippen molar-refractivity contribution in [3.8, 4) is 5.75 Å². The fraction of sp³-hybridized carbons (Fsp3) is 0.304. The maximum atomic E-state index is 15.3. The fourth-order valence-electron chi connectivity index (χ4n) is 4.58. The van der Waals surface area contributed by atoms with E-state index >= 15 is 4.39 Å². The number of para-hydroxylation sites is 1. The summed E-state index contributed by atoms with van der Waals surface area (Å²) in [4.78, 5) is 60.7. The van der Waals surface area contributed by atoms with Crippen LogP contribution < -0.4 is 20.6 Å². The highest BCUT2D eigenvalue weighted by atomic mass is 32.2. The van der Waals surface area contributed by atoms with Crippen LogP contribution in [0.25, 0.3) is 0 Å². The molecule has 1 saturated heterocycles. The van der Waals surface area contributed by atoms with Gasteiger partial charge in [0.05, 0.1) is 36.2 Å². The van der Waals surface area contributed by atoms with Gasteiger partial charge in [-0.3, -0.25) is 9.36 Å². The minimum Gasteiger partial charge on any atom is -0.534 e. The highest BCUT2D eigenvalue weighted by Crippen LogP contribution is 2.37. The monoisotopic (exact) mass is 644 g/mol. The van der Waals surface area contributed by atoms with Crippen LogP contribution in [0, 0.1) is 11.6 Å². The molecule has 5 N–H and O–H groups in total. The van der Waals surface area contributed by atoms with Gasteiger partial charge < -0.3 is 30.3 Å². The lowest BCUT2D eigenvalue weighted by atomic mass is 9.72. The highest BCUT2D eigenvalue weighted by Gasteiger charge is 2.42. The number of imide groups is 1. The Morgan fingerprint density at radius 3 is 2.42 bits per heavy atom. The number of carbonyl (C=O) groups is 4. The number of amides is 5. The second-order valence-corrected chi connectivity index (χ2v) is 13.9. The Kier molecular flexibility index (Phi) is 8.57. The molecular formula is C23H24BF2N4O11PS. The molecule has 3 atom stereocenters. The van der Waals surface area contributed by atoms with E-state index in [1.807, 2.05) is 5.32 Å². The number of carbonyl (C=O) groups excluding carboxylic acids is 3. The van der Waals surface area contributed by atoms with Crippen LogP contribution in [-0.2, 0) is 25.8 Å². The van der Waals surface area contributed by atoms with Crippen molar-refractivity contribution in [2.24, 2.45) is 0 Å².